The van der Waals surface area contributed by atoms with Crippen LogP contribution in [0.25, 0.3) is 21.9 Å². The molecule has 0 atom stereocenters. The molecular weight excluding hydrogens is 689 g/mol. The number of fused-ring (bicyclic) bond motifs is 4. The molecule has 0 amide bonds. The average molecular weight is 714 g/mol. The van der Waals surface area contributed by atoms with Crippen molar-refractivity contribution >= 4 is 34.6 Å². The summed E-state index contributed by atoms with van der Waals surface area (Å²) in [5, 5.41) is 6.89. The van der Waals surface area contributed by atoms with E-state index < -0.39 is 7.92 Å². The Hall–Kier alpha value is -2.41. The van der Waals surface area contributed by atoms with Crippen molar-refractivity contribution in [2.45, 2.75) is 6.42 Å². The molecule has 38 heavy (non-hydrogen) atoms. The van der Waals surface area contributed by atoms with Crippen LogP contribution in [0.3, 0.4) is 0 Å². The van der Waals surface area contributed by atoms with Crippen molar-refractivity contribution in [2.24, 2.45) is 0 Å². The van der Waals surface area contributed by atoms with E-state index in [0.717, 1.165) is 6.42 Å². The molecule has 0 N–H and O–H groups in total. The first-order valence-electron chi connectivity index (χ1n) is 12.0. The van der Waals surface area contributed by atoms with E-state index >= 15 is 0 Å². The molecule has 0 bridgehead atoms. The van der Waals surface area contributed by atoms with E-state index in [9.17, 15) is 0 Å². The third-order valence-electron chi connectivity index (χ3n) is 6.51. The van der Waals surface area contributed by atoms with E-state index in [0.29, 0.717) is 0 Å². The fourth-order valence-electron chi connectivity index (χ4n) is 4.86. The molecule has 6 aromatic rings. The van der Waals surface area contributed by atoms with Gasteiger partial charge >= 0.3 is 25.8 Å². The fraction of sp³-hybridized carbons (Fsp3) is 0.0294. The van der Waals surface area contributed by atoms with Crippen LogP contribution >= 0.6 is 7.92 Å². The fourth-order valence-corrected chi connectivity index (χ4v) is 7.23. The molecule has 7 rings (SSSR count). The Morgan fingerprint density at radius 1 is 0.605 bits per heavy atom. The van der Waals surface area contributed by atoms with Crippen molar-refractivity contribution in [1.29, 1.82) is 0 Å². The van der Waals surface area contributed by atoms with Crippen molar-refractivity contribution in [3.63, 3.8) is 0 Å². The van der Waals surface area contributed by atoms with Crippen LogP contribution in [0, 0.1) is 6.07 Å². The van der Waals surface area contributed by atoms with Crippen LogP contribution in [-0.4, -0.2) is 0 Å². The van der Waals surface area contributed by atoms with Gasteiger partial charge in [0.15, 0.2) is 0 Å². The second-order valence-electron chi connectivity index (χ2n) is 8.75. The van der Waals surface area contributed by atoms with E-state index in [1.54, 1.807) is 0 Å². The molecule has 0 aromatic heterocycles. The second-order valence-corrected chi connectivity index (χ2v) is 11.0. The Morgan fingerprint density at radius 3 is 1.87 bits per heavy atom. The molecule has 4 heteroatoms. The SMILES string of the molecule is [Cl-].[Cl-].[Hf+4].[c-]1cccc2c1Cc1ccccc1-2.c1ccc(P(c2ccccc2)c2cc3ccccc3[cH-]2)cc1. The molecule has 0 fully saturated rings. The van der Waals surface area contributed by atoms with Gasteiger partial charge in [-0.1, -0.05) is 102 Å². The monoisotopic (exact) mass is 714 g/mol. The number of halogens is 2. The van der Waals surface area contributed by atoms with Crippen LogP contribution in [0.5, 0.6) is 0 Å². The molecule has 0 aliphatic heterocycles. The summed E-state index contributed by atoms with van der Waals surface area (Å²) in [4.78, 5) is 0. The molecule has 0 unspecified atom stereocenters. The maximum Gasteiger partial charge on any atom is 4.00 e. The maximum atomic E-state index is 3.30. The Labute approximate surface area is 257 Å². The van der Waals surface area contributed by atoms with Crippen LogP contribution < -0.4 is 40.7 Å². The summed E-state index contributed by atoms with van der Waals surface area (Å²) >= 11 is 0. The minimum atomic E-state index is -0.493. The van der Waals surface area contributed by atoms with Gasteiger partial charge in [0.2, 0.25) is 0 Å². The summed E-state index contributed by atoms with van der Waals surface area (Å²) < 4.78 is 0. The minimum absolute atomic E-state index is 0. The Kier molecular flexibility index (Phi) is 11.2. The van der Waals surface area contributed by atoms with Crippen LogP contribution in [-0.2, 0) is 32.3 Å². The first-order chi connectivity index (χ1) is 17.4. The van der Waals surface area contributed by atoms with Crippen LogP contribution in [0.4, 0.5) is 0 Å². The van der Waals surface area contributed by atoms with Gasteiger partial charge in [-0.25, -0.2) is 0 Å². The van der Waals surface area contributed by atoms with Gasteiger partial charge in [-0.2, -0.15) is 35.9 Å². The molecule has 0 nitrogen and oxygen atoms in total. The van der Waals surface area contributed by atoms with E-state index in [1.807, 2.05) is 6.07 Å². The van der Waals surface area contributed by atoms with E-state index in [2.05, 4.69) is 140 Å². The second kappa shape index (κ2) is 14.1. The zero-order chi connectivity index (χ0) is 23.5. The summed E-state index contributed by atoms with van der Waals surface area (Å²) in [5.41, 5.74) is 5.51. The average Bonchev–Trinajstić information content (AvgIpc) is 3.52. The summed E-state index contributed by atoms with van der Waals surface area (Å²) in [5.74, 6) is 0. The van der Waals surface area contributed by atoms with Gasteiger partial charge in [0.25, 0.3) is 0 Å². The predicted octanol–water partition coefficient (Wildman–Crippen LogP) is 1.38. The Bertz CT molecular complexity index is 1460. The number of hydrogen-bond donors (Lipinski definition) is 0. The van der Waals surface area contributed by atoms with E-state index in [4.69, 9.17) is 0 Å². The molecule has 6 aromatic carbocycles. The zero-order valence-electron chi connectivity index (χ0n) is 20.7. The van der Waals surface area contributed by atoms with Gasteiger partial charge in [-0.15, -0.1) is 45.9 Å². The summed E-state index contributed by atoms with van der Waals surface area (Å²) in [6.45, 7) is 0. The first-order valence-corrected chi connectivity index (χ1v) is 13.3. The number of hydrogen-bond acceptors (Lipinski definition) is 0. The number of benzene rings is 5. The molecule has 1 aliphatic carbocycles. The largest absolute Gasteiger partial charge is 4.00 e. The molecule has 1 aliphatic rings. The van der Waals surface area contributed by atoms with Gasteiger partial charge in [0.1, 0.15) is 0 Å². The van der Waals surface area contributed by atoms with Crippen molar-refractivity contribution in [2.75, 3.05) is 0 Å². The van der Waals surface area contributed by atoms with Crippen LogP contribution in [0.15, 0.2) is 140 Å². The van der Waals surface area contributed by atoms with Crippen molar-refractivity contribution in [3.05, 3.63) is 157 Å². The molecular formula is C34H25Cl2HfP. The van der Waals surface area contributed by atoms with Gasteiger partial charge in [0, 0.05) is 0 Å². The standard InChI is InChI=1S/C21H16P.C13H9.2ClH.Hf/c1-3-11-19(12-4-1)22(20-13-5-2-6-14-20)21-15-17-9-7-8-10-18(17)16-21;1-3-7-12-10(5-1)9-11-6-2-4-8-13(11)12;;;/h1-16H;1-5,7-8H,9H2;2*1H;/q2*-1;;;+4/p-2. The summed E-state index contributed by atoms with van der Waals surface area (Å²) in [7, 11) is -0.493. The Balaban J connectivity index is 0.000000216. The predicted molar refractivity (Wildman–Crippen MR) is 152 cm³/mol. The molecule has 0 spiro atoms. The van der Waals surface area contributed by atoms with Crippen LogP contribution in [0.1, 0.15) is 11.1 Å². The van der Waals surface area contributed by atoms with Crippen molar-refractivity contribution < 1.29 is 50.7 Å². The maximum absolute atomic E-state index is 3.30. The molecule has 0 saturated carbocycles. The van der Waals surface area contributed by atoms with Gasteiger partial charge in [-0.3, -0.25) is 0 Å². The molecule has 184 valence electrons. The summed E-state index contributed by atoms with van der Waals surface area (Å²) in [6, 6.07) is 53.1. The third-order valence-corrected chi connectivity index (χ3v) is 8.91. The topological polar surface area (TPSA) is 0 Å². The summed E-state index contributed by atoms with van der Waals surface area (Å²) in [6.07, 6.45) is 1.05. The molecule has 0 saturated heterocycles. The smallest absolute Gasteiger partial charge is 1.00 e. The van der Waals surface area contributed by atoms with Gasteiger partial charge in [-0.05, 0) is 25.0 Å². The van der Waals surface area contributed by atoms with Crippen molar-refractivity contribution in [1.82, 2.24) is 0 Å². The number of rotatable bonds is 3. The van der Waals surface area contributed by atoms with E-state index in [-0.39, 0.29) is 50.7 Å². The zero-order valence-corrected chi connectivity index (χ0v) is 26.7. The first kappa shape index (κ1) is 30.1. The normalized spacial score (nSPS) is 10.7. The van der Waals surface area contributed by atoms with Gasteiger partial charge in [0.05, 0.1) is 0 Å². The van der Waals surface area contributed by atoms with E-state index in [1.165, 1.54) is 48.9 Å². The molecule has 0 heterocycles. The minimum Gasteiger partial charge on any atom is -1.00 e. The quantitative estimate of drug-likeness (QED) is 0.148. The Morgan fingerprint density at radius 2 is 1.18 bits per heavy atom. The van der Waals surface area contributed by atoms with Crippen molar-refractivity contribution in [3.8, 4) is 11.1 Å². The van der Waals surface area contributed by atoms with Crippen LogP contribution in [0.2, 0.25) is 0 Å². The molecule has 0 radical (unpaired) electrons. The van der Waals surface area contributed by atoms with Gasteiger partial charge < -0.3 is 24.8 Å². The third kappa shape index (κ3) is 6.41.